The second-order valence-electron chi connectivity index (χ2n) is 8.79. The molecule has 0 saturated heterocycles. The summed E-state index contributed by atoms with van der Waals surface area (Å²) in [5, 5.41) is 3.50. The number of rotatable bonds is 8. The van der Waals surface area contributed by atoms with Gasteiger partial charge in [-0.1, -0.05) is 35.9 Å². The maximum atomic E-state index is 14.7. The van der Waals surface area contributed by atoms with E-state index in [0.717, 1.165) is 36.8 Å². The summed E-state index contributed by atoms with van der Waals surface area (Å²) >= 11 is 6.01. The first-order valence-electron chi connectivity index (χ1n) is 11.4. The van der Waals surface area contributed by atoms with Crippen molar-refractivity contribution in [3.05, 3.63) is 82.4 Å². The summed E-state index contributed by atoms with van der Waals surface area (Å²) < 4.78 is 40.0. The quantitative estimate of drug-likeness (QED) is 0.463. The maximum absolute atomic E-state index is 14.7. The Morgan fingerprint density at radius 2 is 1.68 bits per heavy atom. The lowest BCUT2D eigenvalue weighted by Crippen LogP contribution is -2.33. The van der Waals surface area contributed by atoms with E-state index < -0.39 is 21.4 Å². The molecule has 1 aliphatic carbocycles. The Labute approximate surface area is 204 Å². The molecule has 34 heavy (non-hydrogen) atoms. The fourth-order valence-electron chi connectivity index (χ4n) is 4.14. The van der Waals surface area contributed by atoms with E-state index in [0.29, 0.717) is 30.9 Å². The van der Waals surface area contributed by atoms with Gasteiger partial charge in [0.25, 0.3) is 0 Å². The highest BCUT2D eigenvalue weighted by Crippen LogP contribution is 2.26. The second kappa shape index (κ2) is 10.8. The van der Waals surface area contributed by atoms with Crippen LogP contribution in [0.2, 0.25) is 5.02 Å². The number of nitrogens with zero attached hydrogens (tertiary/aromatic N) is 2. The summed E-state index contributed by atoms with van der Waals surface area (Å²) in [6.45, 7) is 0. The number of anilines is 1. The highest BCUT2D eigenvalue weighted by atomic mass is 35.5. The highest BCUT2D eigenvalue weighted by molar-refractivity contribution is 7.90. The van der Waals surface area contributed by atoms with E-state index in [9.17, 15) is 12.8 Å². The summed E-state index contributed by atoms with van der Waals surface area (Å²) in [5.41, 5.74) is 7.79. The van der Waals surface area contributed by atoms with E-state index >= 15 is 0 Å². The number of hydrogen-bond donors (Lipinski definition) is 2. The van der Waals surface area contributed by atoms with Gasteiger partial charge in [0.05, 0.1) is 15.7 Å². The standard InChI is InChI=1S/C25H28ClFN4O2S/c26-22-3-1-2-4-24(22)34(32,33)16-19-8-7-17(13-23(19)27)5-6-18-14-29-25(30-15-18)31-21-11-9-20(28)10-12-21/h1-4,7-8,13-15,20-21H,5-6,9-12,16,28H2,(H,29,30,31). The van der Waals surface area contributed by atoms with Gasteiger partial charge in [-0.2, -0.15) is 0 Å². The Hall–Kier alpha value is -2.55. The van der Waals surface area contributed by atoms with Crippen LogP contribution in [0.15, 0.2) is 59.8 Å². The summed E-state index contributed by atoms with van der Waals surface area (Å²) in [4.78, 5) is 8.82. The molecular formula is C25H28ClFN4O2S. The summed E-state index contributed by atoms with van der Waals surface area (Å²) in [6, 6.07) is 11.5. The van der Waals surface area contributed by atoms with Crippen molar-refractivity contribution in [2.24, 2.45) is 5.73 Å². The normalized spacial score (nSPS) is 18.6. The predicted octanol–water partition coefficient (Wildman–Crippen LogP) is 4.71. The molecule has 6 nitrogen and oxygen atoms in total. The van der Waals surface area contributed by atoms with Gasteiger partial charge >= 0.3 is 0 Å². The third kappa shape index (κ3) is 6.31. The van der Waals surface area contributed by atoms with Gasteiger partial charge in [-0.15, -0.1) is 0 Å². The molecule has 1 heterocycles. The smallest absolute Gasteiger partial charge is 0.222 e. The SMILES string of the molecule is NC1CCC(Nc2ncc(CCc3ccc(CS(=O)(=O)c4ccccc4Cl)c(F)c3)cn2)CC1. The number of benzene rings is 2. The number of halogens is 2. The fourth-order valence-corrected chi connectivity index (χ4v) is 6.07. The predicted molar refractivity (Wildman–Crippen MR) is 132 cm³/mol. The monoisotopic (exact) mass is 502 g/mol. The van der Waals surface area contributed by atoms with Crippen molar-refractivity contribution in [2.75, 3.05) is 5.32 Å². The van der Waals surface area contributed by atoms with Crippen LogP contribution in [0.5, 0.6) is 0 Å². The van der Waals surface area contributed by atoms with Crippen molar-refractivity contribution in [3.8, 4) is 0 Å². The van der Waals surface area contributed by atoms with Crippen LogP contribution in [0.25, 0.3) is 0 Å². The molecular weight excluding hydrogens is 475 g/mol. The number of hydrogen-bond acceptors (Lipinski definition) is 6. The molecule has 1 fully saturated rings. The van der Waals surface area contributed by atoms with Crippen molar-refractivity contribution < 1.29 is 12.8 Å². The van der Waals surface area contributed by atoms with E-state index in [-0.39, 0.29) is 15.5 Å². The van der Waals surface area contributed by atoms with Crippen LogP contribution in [0.3, 0.4) is 0 Å². The van der Waals surface area contributed by atoms with Crippen LogP contribution < -0.4 is 11.1 Å². The lowest BCUT2D eigenvalue weighted by molar-refractivity contribution is 0.410. The van der Waals surface area contributed by atoms with Crippen LogP contribution in [-0.2, 0) is 28.4 Å². The molecule has 3 aromatic rings. The van der Waals surface area contributed by atoms with Crippen LogP contribution in [0, 0.1) is 5.82 Å². The van der Waals surface area contributed by atoms with Gasteiger partial charge in [0.2, 0.25) is 5.95 Å². The molecule has 4 rings (SSSR count). The molecule has 1 saturated carbocycles. The molecule has 0 radical (unpaired) electrons. The van der Waals surface area contributed by atoms with E-state index in [1.807, 2.05) is 0 Å². The van der Waals surface area contributed by atoms with E-state index in [2.05, 4.69) is 15.3 Å². The topological polar surface area (TPSA) is 98.0 Å². The molecule has 9 heteroatoms. The Morgan fingerprint density at radius 1 is 1.00 bits per heavy atom. The van der Waals surface area contributed by atoms with Gasteiger partial charge in [0.15, 0.2) is 9.84 Å². The maximum Gasteiger partial charge on any atom is 0.222 e. The Morgan fingerprint density at radius 3 is 2.35 bits per heavy atom. The zero-order chi connectivity index (χ0) is 24.1. The van der Waals surface area contributed by atoms with E-state index in [4.69, 9.17) is 17.3 Å². The molecule has 2 aromatic carbocycles. The van der Waals surface area contributed by atoms with Crippen LogP contribution in [0.4, 0.5) is 10.3 Å². The van der Waals surface area contributed by atoms with Gasteiger partial charge in [0.1, 0.15) is 5.82 Å². The molecule has 0 unspecified atom stereocenters. The van der Waals surface area contributed by atoms with E-state index in [1.165, 1.54) is 24.3 Å². The molecule has 0 spiro atoms. The third-order valence-electron chi connectivity index (χ3n) is 6.15. The van der Waals surface area contributed by atoms with Crippen LogP contribution in [-0.4, -0.2) is 30.5 Å². The first kappa shape index (κ1) is 24.6. The molecule has 0 amide bonds. The van der Waals surface area contributed by atoms with Gasteiger partial charge in [0, 0.05) is 30.0 Å². The molecule has 1 aromatic heterocycles. The molecule has 3 N–H and O–H groups in total. The molecule has 0 atom stereocenters. The average molecular weight is 503 g/mol. The summed E-state index contributed by atoms with van der Waals surface area (Å²) in [7, 11) is -3.75. The Balaban J connectivity index is 1.33. The zero-order valence-corrected chi connectivity index (χ0v) is 20.3. The Bertz CT molecular complexity index is 1230. The molecule has 1 aliphatic rings. The Kier molecular flexibility index (Phi) is 7.80. The lowest BCUT2D eigenvalue weighted by Gasteiger charge is -2.26. The molecule has 0 aliphatic heterocycles. The van der Waals surface area contributed by atoms with Crippen molar-refractivity contribution in [2.45, 2.75) is 61.3 Å². The number of sulfone groups is 1. The minimum absolute atomic E-state index is 0.00476. The minimum Gasteiger partial charge on any atom is -0.351 e. The van der Waals surface area contributed by atoms with E-state index in [1.54, 1.807) is 30.6 Å². The number of aryl methyl sites for hydroxylation is 2. The number of nitrogens with two attached hydrogens (primary N) is 1. The van der Waals surface area contributed by atoms with Crippen LogP contribution >= 0.6 is 11.6 Å². The van der Waals surface area contributed by atoms with Gasteiger partial charge in [-0.3, -0.25) is 0 Å². The van der Waals surface area contributed by atoms with Crippen molar-refractivity contribution >= 4 is 27.4 Å². The zero-order valence-electron chi connectivity index (χ0n) is 18.8. The van der Waals surface area contributed by atoms with Crippen molar-refractivity contribution in [1.29, 1.82) is 0 Å². The summed E-state index contributed by atoms with van der Waals surface area (Å²) in [5.74, 6) is -0.381. The first-order chi connectivity index (χ1) is 16.3. The molecule has 180 valence electrons. The number of nitrogens with one attached hydrogen (secondary N) is 1. The average Bonchev–Trinajstić information content (AvgIpc) is 2.82. The number of aromatic nitrogens is 2. The first-order valence-corrected chi connectivity index (χ1v) is 13.4. The largest absolute Gasteiger partial charge is 0.351 e. The minimum atomic E-state index is -3.75. The van der Waals surface area contributed by atoms with Gasteiger partial charge in [-0.05, 0) is 67.9 Å². The van der Waals surface area contributed by atoms with Gasteiger partial charge < -0.3 is 11.1 Å². The second-order valence-corrected chi connectivity index (χ2v) is 11.2. The fraction of sp³-hybridized carbons (Fsp3) is 0.360. The molecule has 0 bridgehead atoms. The van der Waals surface area contributed by atoms with Crippen molar-refractivity contribution in [3.63, 3.8) is 0 Å². The van der Waals surface area contributed by atoms with Crippen LogP contribution in [0.1, 0.15) is 42.4 Å². The van der Waals surface area contributed by atoms with Crippen molar-refractivity contribution in [1.82, 2.24) is 9.97 Å². The lowest BCUT2D eigenvalue weighted by atomic mass is 9.92. The summed E-state index contributed by atoms with van der Waals surface area (Å²) in [6.07, 6.45) is 8.87. The highest BCUT2D eigenvalue weighted by Gasteiger charge is 2.21. The van der Waals surface area contributed by atoms with Gasteiger partial charge in [-0.25, -0.2) is 22.8 Å². The third-order valence-corrected chi connectivity index (χ3v) is 8.31.